The van der Waals surface area contributed by atoms with Gasteiger partial charge in [0, 0.05) is 17.1 Å². The topological polar surface area (TPSA) is 58.6 Å². The number of halogens is 1. The zero-order chi connectivity index (χ0) is 15.2. The predicted molar refractivity (Wildman–Crippen MR) is 84.0 cm³/mol. The van der Waals surface area contributed by atoms with E-state index in [0.29, 0.717) is 10.8 Å². The lowest BCUT2D eigenvalue weighted by Crippen LogP contribution is -2.32. The minimum Gasteiger partial charge on any atom is -0.483 e. The standard InChI is InChI=1S/C15H16ClNO3S/c1-10-12(16)3-2-4-14(10)20-8-15(19)17-7-13(18)11-5-6-21-9-11/h2-6,9,13,18H,7-8H2,1H3,(H,17,19). The van der Waals surface area contributed by atoms with Crippen LogP contribution in [0.5, 0.6) is 5.75 Å². The third-order valence-corrected chi connectivity index (χ3v) is 4.11. The summed E-state index contributed by atoms with van der Waals surface area (Å²) in [5, 5.41) is 16.8. The van der Waals surface area contributed by atoms with Crippen LogP contribution in [0.1, 0.15) is 17.2 Å². The van der Waals surface area contributed by atoms with Crippen LogP contribution in [-0.4, -0.2) is 24.2 Å². The maximum atomic E-state index is 11.7. The van der Waals surface area contributed by atoms with E-state index in [1.165, 1.54) is 11.3 Å². The number of hydrogen-bond acceptors (Lipinski definition) is 4. The van der Waals surface area contributed by atoms with E-state index < -0.39 is 6.10 Å². The molecule has 0 aliphatic heterocycles. The van der Waals surface area contributed by atoms with Crippen LogP contribution < -0.4 is 10.1 Å². The molecule has 0 aliphatic rings. The van der Waals surface area contributed by atoms with Gasteiger partial charge in [-0.05, 0) is 41.4 Å². The van der Waals surface area contributed by atoms with Crippen molar-refractivity contribution in [1.82, 2.24) is 5.32 Å². The summed E-state index contributed by atoms with van der Waals surface area (Å²) in [6, 6.07) is 7.12. The molecule has 0 saturated heterocycles. The Balaban J connectivity index is 1.79. The molecule has 0 spiro atoms. The third-order valence-electron chi connectivity index (χ3n) is 3.00. The number of ether oxygens (including phenoxy) is 1. The molecule has 2 aromatic rings. The lowest BCUT2D eigenvalue weighted by molar-refractivity contribution is -0.123. The van der Waals surface area contributed by atoms with E-state index in [9.17, 15) is 9.90 Å². The van der Waals surface area contributed by atoms with Gasteiger partial charge in [0.25, 0.3) is 5.91 Å². The highest BCUT2D eigenvalue weighted by Crippen LogP contribution is 2.24. The number of carbonyl (C=O) groups excluding carboxylic acids is 1. The molecule has 1 aromatic carbocycles. The Morgan fingerprint density at radius 1 is 1.48 bits per heavy atom. The fourth-order valence-corrected chi connectivity index (χ4v) is 2.60. The SMILES string of the molecule is Cc1c(Cl)cccc1OCC(=O)NCC(O)c1ccsc1. The molecule has 2 rings (SSSR count). The molecule has 1 heterocycles. The van der Waals surface area contributed by atoms with Gasteiger partial charge < -0.3 is 15.2 Å². The summed E-state index contributed by atoms with van der Waals surface area (Å²) in [6.45, 7) is 1.88. The molecule has 1 amide bonds. The van der Waals surface area contributed by atoms with Gasteiger partial charge in [-0.25, -0.2) is 0 Å². The molecular weight excluding hydrogens is 310 g/mol. The Labute approximate surface area is 132 Å². The highest BCUT2D eigenvalue weighted by Gasteiger charge is 2.11. The summed E-state index contributed by atoms with van der Waals surface area (Å²) in [4.78, 5) is 11.7. The van der Waals surface area contributed by atoms with Crippen molar-refractivity contribution in [3.63, 3.8) is 0 Å². The van der Waals surface area contributed by atoms with E-state index in [1.54, 1.807) is 18.2 Å². The predicted octanol–water partition coefficient (Wildman–Crippen LogP) is 2.94. The Hall–Kier alpha value is -1.56. The second-order valence-electron chi connectivity index (χ2n) is 4.53. The van der Waals surface area contributed by atoms with E-state index >= 15 is 0 Å². The Morgan fingerprint density at radius 2 is 2.29 bits per heavy atom. The lowest BCUT2D eigenvalue weighted by atomic mass is 10.2. The number of amides is 1. The van der Waals surface area contributed by atoms with Crippen LogP contribution in [0.25, 0.3) is 0 Å². The van der Waals surface area contributed by atoms with Gasteiger partial charge in [-0.2, -0.15) is 11.3 Å². The molecule has 1 atom stereocenters. The van der Waals surface area contributed by atoms with Crippen LogP contribution in [0.2, 0.25) is 5.02 Å². The fourth-order valence-electron chi connectivity index (χ4n) is 1.73. The molecular formula is C15H16ClNO3S. The van der Waals surface area contributed by atoms with Crippen molar-refractivity contribution in [2.45, 2.75) is 13.0 Å². The van der Waals surface area contributed by atoms with Gasteiger partial charge in [-0.3, -0.25) is 4.79 Å². The number of aliphatic hydroxyl groups excluding tert-OH is 1. The summed E-state index contributed by atoms with van der Waals surface area (Å²) in [5.74, 6) is 0.291. The molecule has 4 nitrogen and oxygen atoms in total. The van der Waals surface area contributed by atoms with E-state index in [0.717, 1.165) is 11.1 Å². The molecule has 0 fully saturated rings. The van der Waals surface area contributed by atoms with Gasteiger partial charge in [0.15, 0.2) is 6.61 Å². The number of thiophene rings is 1. The largest absolute Gasteiger partial charge is 0.483 e. The fraction of sp³-hybridized carbons (Fsp3) is 0.267. The quantitative estimate of drug-likeness (QED) is 0.858. The minimum atomic E-state index is -0.701. The molecule has 1 aromatic heterocycles. The van der Waals surface area contributed by atoms with Crippen molar-refractivity contribution in [2.24, 2.45) is 0 Å². The lowest BCUT2D eigenvalue weighted by Gasteiger charge is -2.12. The second kappa shape index (κ2) is 7.45. The first-order chi connectivity index (χ1) is 10.1. The number of benzene rings is 1. The molecule has 0 saturated carbocycles. The van der Waals surface area contributed by atoms with Crippen molar-refractivity contribution in [3.05, 3.63) is 51.2 Å². The second-order valence-corrected chi connectivity index (χ2v) is 5.72. The van der Waals surface area contributed by atoms with Crippen LogP contribution in [0.15, 0.2) is 35.0 Å². The summed E-state index contributed by atoms with van der Waals surface area (Å²) >= 11 is 7.48. The van der Waals surface area contributed by atoms with Gasteiger partial charge in [0.1, 0.15) is 5.75 Å². The van der Waals surface area contributed by atoms with Gasteiger partial charge in [0.05, 0.1) is 6.10 Å². The Morgan fingerprint density at radius 3 is 3.00 bits per heavy atom. The number of rotatable bonds is 6. The van der Waals surface area contributed by atoms with Gasteiger partial charge >= 0.3 is 0 Å². The summed E-state index contributed by atoms with van der Waals surface area (Å²) in [7, 11) is 0. The van der Waals surface area contributed by atoms with E-state index in [-0.39, 0.29) is 19.1 Å². The molecule has 1 unspecified atom stereocenters. The van der Waals surface area contributed by atoms with E-state index in [4.69, 9.17) is 16.3 Å². The van der Waals surface area contributed by atoms with Crippen molar-refractivity contribution >= 4 is 28.8 Å². The van der Waals surface area contributed by atoms with Crippen LogP contribution in [0.3, 0.4) is 0 Å². The molecule has 0 radical (unpaired) electrons. The van der Waals surface area contributed by atoms with Gasteiger partial charge in [-0.1, -0.05) is 17.7 Å². The van der Waals surface area contributed by atoms with E-state index in [2.05, 4.69) is 5.32 Å². The molecule has 0 aliphatic carbocycles. The number of aliphatic hydroxyl groups is 1. The average Bonchev–Trinajstić information content (AvgIpc) is 3.00. The smallest absolute Gasteiger partial charge is 0.258 e. The average molecular weight is 326 g/mol. The van der Waals surface area contributed by atoms with Crippen molar-refractivity contribution in [1.29, 1.82) is 0 Å². The maximum absolute atomic E-state index is 11.7. The maximum Gasteiger partial charge on any atom is 0.258 e. The first kappa shape index (κ1) is 15.8. The van der Waals surface area contributed by atoms with Crippen molar-refractivity contribution < 1.29 is 14.6 Å². The van der Waals surface area contributed by atoms with Crippen molar-refractivity contribution in [3.8, 4) is 5.75 Å². The highest BCUT2D eigenvalue weighted by molar-refractivity contribution is 7.07. The Bertz CT molecular complexity index is 601. The van der Waals surface area contributed by atoms with Crippen LogP contribution in [-0.2, 0) is 4.79 Å². The third kappa shape index (κ3) is 4.46. The van der Waals surface area contributed by atoms with Gasteiger partial charge in [0.2, 0.25) is 0 Å². The summed E-state index contributed by atoms with van der Waals surface area (Å²) < 4.78 is 5.43. The molecule has 21 heavy (non-hydrogen) atoms. The molecule has 112 valence electrons. The number of nitrogens with one attached hydrogen (secondary N) is 1. The van der Waals surface area contributed by atoms with Gasteiger partial charge in [-0.15, -0.1) is 0 Å². The molecule has 6 heteroatoms. The highest BCUT2D eigenvalue weighted by atomic mass is 35.5. The van der Waals surface area contributed by atoms with Crippen molar-refractivity contribution in [2.75, 3.05) is 13.2 Å². The Kier molecular flexibility index (Phi) is 5.61. The zero-order valence-electron chi connectivity index (χ0n) is 11.5. The van der Waals surface area contributed by atoms with Crippen LogP contribution in [0.4, 0.5) is 0 Å². The zero-order valence-corrected chi connectivity index (χ0v) is 13.1. The summed E-state index contributed by atoms with van der Waals surface area (Å²) in [5.41, 5.74) is 1.59. The number of hydrogen-bond donors (Lipinski definition) is 2. The van der Waals surface area contributed by atoms with E-state index in [1.807, 2.05) is 23.8 Å². The van der Waals surface area contributed by atoms with Crippen LogP contribution in [0, 0.1) is 6.92 Å². The van der Waals surface area contributed by atoms with Crippen LogP contribution >= 0.6 is 22.9 Å². The molecule has 2 N–H and O–H groups in total. The normalized spacial score (nSPS) is 12.0. The first-order valence-electron chi connectivity index (χ1n) is 6.42. The monoisotopic (exact) mass is 325 g/mol. The first-order valence-corrected chi connectivity index (χ1v) is 7.75. The number of carbonyl (C=O) groups is 1. The summed E-state index contributed by atoms with van der Waals surface area (Å²) in [6.07, 6.45) is -0.701. The minimum absolute atomic E-state index is 0.114. The molecule has 0 bridgehead atoms.